The fourth-order valence-electron chi connectivity index (χ4n) is 5.79. The van der Waals surface area contributed by atoms with Gasteiger partial charge >= 0.3 is 19.8 Å². The van der Waals surface area contributed by atoms with Crippen LogP contribution in [0.25, 0.3) is 0 Å². The van der Waals surface area contributed by atoms with E-state index in [2.05, 4.69) is 42.7 Å². The minimum absolute atomic E-state index is 0.186. The molecule has 0 spiro atoms. The molecular weight excluding hydrogens is 695 g/mol. The number of ether oxygens (including phenoxy) is 2. The van der Waals surface area contributed by atoms with Crippen LogP contribution in [0.3, 0.4) is 0 Å². The van der Waals surface area contributed by atoms with Crippen LogP contribution in [0.2, 0.25) is 0 Å². The van der Waals surface area contributed by atoms with Gasteiger partial charge in [-0.15, -0.1) is 0 Å². The molecule has 3 atom stereocenters. The van der Waals surface area contributed by atoms with Gasteiger partial charge in [-0.1, -0.05) is 160 Å². The fraction of sp³-hybridized carbons (Fsp3) is 0.857. The summed E-state index contributed by atoms with van der Waals surface area (Å²) in [7, 11) is -4.61. The second kappa shape index (κ2) is 38.7. The summed E-state index contributed by atoms with van der Waals surface area (Å²) in [5.41, 5.74) is 0. The van der Waals surface area contributed by atoms with Crippen LogP contribution in [0.4, 0.5) is 0 Å². The van der Waals surface area contributed by atoms with E-state index in [-0.39, 0.29) is 19.4 Å². The zero-order valence-electron chi connectivity index (χ0n) is 33.7. The molecule has 3 N–H and O–H groups in total. The highest BCUT2D eigenvalue weighted by Gasteiger charge is 2.27. The lowest BCUT2D eigenvalue weighted by molar-refractivity contribution is -0.161. The molecule has 0 bridgehead atoms. The molecule has 0 aliphatic rings. The summed E-state index contributed by atoms with van der Waals surface area (Å²) in [6, 6.07) is 0. The van der Waals surface area contributed by atoms with Crippen LogP contribution in [0.1, 0.15) is 194 Å². The number of hydrogen-bond donors (Lipinski definition) is 3. The number of carbonyl (C=O) groups is 2. The number of hydrogen-bond acceptors (Lipinski definition) is 9. The molecule has 0 aromatic rings. The first kappa shape index (κ1) is 51.5. The zero-order chi connectivity index (χ0) is 39.1. The van der Waals surface area contributed by atoms with Gasteiger partial charge in [-0.05, 0) is 44.9 Å². The predicted molar refractivity (Wildman–Crippen MR) is 215 cm³/mol. The Morgan fingerprint density at radius 2 is 0.981 bits per heavy atom. The molecule has 0 heterocycles. The molecule has 0 aromatic carbocycles. The highest BCUT2D eigenvalue weighted by molar-refractivity contribution is 7.47. The Kier molecular flexibility index (Phi) is 37.6. The Hall–Kier alpha value is -1.55. The summed E-state index contributed by atoms with van der Waals surface area (Å²) in [6.07, 6.45) is 37.1. The van der Waals surface area contributed by atoms with Crippen molar-refractivity contribution in [1.82, 2.24) is 0 Å². The van der Waals surface area contributed by atoms with Crippen molar-refractivity contribution in [3.05, 3.63) is 24.3 Å². The minimum atomic E-state index is -4.61. The van der Waals surface area contributed by atoms with Crippen LogP contribution >= 0.6 is 7.82 Å². The Morgan fingerprint density at radius 3 is 1.49 bits per heavy atom. The lowest BCUT2D eigenvalue weighted by Gasteiger charge is -2.20. The molecule has 0 aliphatic carbocycles. The Labute approximate surface area is 323 Å². The summed E-state index contributed by atoms with van der Waals surface area (Å²) >= 11 is 0. The van der Waals surface area contributed by atoms with E-state index in [1.54, 1.807) is 0 Å². The van der Waals surface area contributed by atoms with Gasteiger partial charge in [-0.2, -0.15) is 0 Å². The van der Waals surface area contributed by atoms with Crippen LogP contribution < -0.4 is 0 Å². The fourth-order valence-corrected chi connectivity index (χ4v) is 6.58. The van der Waals surface area contributed by atoms with Gasteiger partial charge in [0.15, 0.2) is 6.10 Å². The smallest absolute Gasteiger partial charge is 0.462 e. The summed E-state index contributed by atoms with van der Waals surface area (Å²) in [5.74, 6) is -0.928. The first-order chi connectivity index (χ1) is 25.7. The third-order valence-corrected chi connectivity index (χ3v) is 10.1. The van der Waals surface area contributed by atoms with Crippen molar-refractivity contribution in [1.29, 1.82) is 0 Å². The predicted octanol–water partition coefficient (Wildman–Crippen LogP) is 11.0. The van der Waals surface area contributed by atoms with E-state index in [0.717, 1.165) is 51.4 Å². The van der Waals surface area contributed by atoms with Crippen molar-refractivity contribution in [2.75, 3.05) is 26.4 Å². The molecule has 0 rings (SSSR count). The lowest BCUT2D eigenvalue weighted by atomic mass is 10.0. The van der Waals surface area contributed by atoms with Gasteiger partial charge in [0.1, 0.15) is 12.7 Å². The number of esters is 2. The third-order valence-electron chi connectivity index (χ3n) is 9.11. The maximum absolute atomic E-state index is 12.6. The lowest BCUT2D eigenvalue weighted by Crippen LogP contribution is -2.29. The molecule has 11 heteroatoms. The topological polar surface area (TPSA) is 149 Å². The second-order valence-corrected chi connectivity index (χ2v) is 15.8. The Balaban J connectivity index is 4.29. The van der Waals surface area contributed by atoms with E-state index in [9.17, 15) is 24.2 Å². The Bertz CT molecular complexity index is 941. The van der Waals surface area contributed by atoms with E-state index in [0.29, 0.717) is 12.8 Å². The summed E-state index contributed by atoms with van der Waals surface area (Å²) in [5, 5.41) is 18.3. The first-order valence-electron chi connectivity index (χ1n) is 21.3. The van der Waals surface area contributed by atoms with Gasteiger partial charge in [-0.25, -0.2) is 4.57 Å². The van der Waals surface area contributed by atoms with Crippen molar-refractivity contribution in [3.63, 3.8) is 0 Å². The SMILES string of the molecule is CCCCC/C=C\C/C=C\CCCCCCCCCC(=O)OC[C@H](COP(=O)(O)OC[C@@H](O)CO)OC(=O)CCCCCCCCCCCCCCC. The molecule has 53 heavy (non-hydrogen) atoms. The van der Waals surface area contributed by atoms with Crippen LogP contribution in [-0.4, -0.2) is 65.7 Å². The monoisotopic (exact) mass is 775 g/mol. The van der Waals surface area contributed by atoms with E-state index in [4.69, 9.17) is 19.1 Å². The van der Waals surface area contributed by atoms with Crippen LogP contribution in [0, 0.1) is 0 Å². The van der Waals surface area contributed by atoms with E-state index in [1.165, 1.54) is 103 Å². The van der Waals surface area contributed by atoms with Gasteiger partial charge < -0.3 is 24.6 Å². The quantitative estimate of drug-likeness (QED) is 0.0238. The van der Waals surface area contributed by atoms with Crippen molar-refractivity contribution >= 4 is 19.8 Å². The van der Waals surface area contributed by atoms with Gasteiger partial charge in [-0.3, -0.25) is 18.6 Å². The van der Waals surface area contributed by atoms with E-state index in [1.807, 2.05) is 0 Å². The van der Waals surface area contributed by atoms with Gasteiger partial charge in [0.2, 0.25) is 0 Å². The highest BCUT2D eigenvalue weighted by atomic mass is 31.2. The van der Waals surface area contributed by atoms with Crippen LogP contribution in [0.15, 0.2) is 24.3 Å². The average molecular weight is 775 g/mol. The molecule has 0 saturated carbocycles. The normalized spacial score (nSPS) is 14.1. The molecule has 1 unspecified atom stereocenters. The van der Waals surface area contributed by atoms with Crippen molar-refractivity contribution < 1.29 is 47.8 Å². The number of aliphatic hydroxyl groups excluding tert-OH is 2. The molecule has 10 nitrogen and oxygen atoms in total. The number of carbonyl (C=O) groups excluding carboxylic acids is 2. The molecule has 0 saturated heterocycles. The number of aliphatic hydroxyl groups is 2. The van der Waals surface area contributed by atoms with Crippen molar-refractivity contribution in [2.45, 2.75) is 206 Å². The Morgan fingerprint density at radius 1 is 0.566 bits per heavy atom. The molecular formula is C42H79O10P. The van der Waals surface area contributed by atoms with Crippen LogP contribution in [0.5, 0.6) is 0 Å². The molecule has 0 aliphatic heterocycles. The number of allylic oxidation sites excluding steroid dienone is 4. The number of phosphoric acid groups is 1. The van der Waals surface area contributed by atoms with Crippen LogP contribution in [-0.2, 0) is 32.7 Å². The summed E-state index contributed by atoms with van der Waals surface area (Å²) in [4.78, 5) is 34.9. The molecule has 312 valence electrons. The van der Waals surface area contributed by atoms with E-state index < -0.39 is 51.8 Å². The van der Waals surface area contributed by atoms with Gasteiger partial charge in [0.05, 0.1) is 19.8 Å². The minimum Gasteiger partial charge on any atom is -0.462 e. The molecule has 0 amide bonds. The molecule has 0 fully saturated rings. The number of rotatable bonds is 40. The number of phosphoric ester groups is 1. The summed E-state index contributed by atoms with van der Waals surface area (Å²) < 4.78 is 32.7. The largest absolute Gasteiger partial charge is 0.472 e. The standard InChI is InChI=1S/C42H79O10P/c1-3-5-7-9-11-13-15-17-18-19-20-22-23-25-27-29-31-33-41(45)49-37-40(38-51-53(47,48)50-36-39(44)35-43)52-42(46)34-32-30-28-26-24-21-16-14-12-10-8-6-4-2/h11,13,17-18,39-40,43-44H,3-10,12,14-16,19-38H2,1-2H3,(H,47,48)/b13-11-,18-17-/t39-,40+/m0/s1. The van der Waals surface area contributed by atoms with Gasteiger partial charge in [0.25, 0.3) is 0 Å². The average Bonchev–Trinajstić information content (AvgIpc) is 3.14. The van der Waals surface area contributed by atoms with Crippen molar-refractivity contribution in [3.8, 4) is 0 Å². The van der Waals surface area contributed by atoms with Crippen molar-refractivity contribution in [2.24, 2.45) is 0 Å². The summed E-state index contributed by atoms with van der Waals surface area (Å²) in [6.45, 7) is 2.35. The van der Waals surface area contributed by atoms with E-state index >= 15 is 0 Å². The third kappa shape index (κ3) is 38.5. The maximum Gasteiger partial charge on any atom is 0.472 e. The maximum atomic E-state index is 12.6. The number of unbranched alkanes of at least 4 members (excludes halogenated alkanes) is 22. The van der Waals surface area contributed by atoms with Gasteiger partial charge in [0, 0.05) is 12.8 Å². The highest BCUT2D eigenvalue weighted by Crippen LogP contribution is 2.43. The second-order valence-electron chi connectivity index (χ2n) is 14.4. The molecule has 0 aromatic heterocycles. The zero-order valence-corrected chi connectivity index (χ0v) is 34.6. The first-order valence-corrected chi connectivity index (χ1v) is 22.8. The molecule has 0 radical (unpaired) electrons.